The molecule has 30 heavy (non-hydrogen) atoms. The van der Waals surface area contributed by atoms with E-state index in [1.165, 1.54) is 0 Å². The van der Waals surface area contributed by atoms with Crippen molar-refractivity contribution in [1.29, 1.82) is 0 Å². The Morgan fingerprint density at radius 3 is 1.57 bits per heavy atom. The van der Waals surface area contributed by atoms with Crippen LogP contribution in [-0.2, 0) is 4.79 Å². The molecule has 2 rings (SSSR count). The van der Waals surface area contributed by atoms with E-state index in [0.717, 1.165) is 24.3 Å². The summed E-state index contributed by atoms with van der Waals surface area (Å²) in [5.74, 6) is -3.12. The average molecular weight is 522 g/mol. The molecule has 0 aliphatic carbocycles. The number of nitrogens with one attached hydrogen (secondary N) is 1. The minimum Gasteiger partial charge on any atom is -0.504 e. The second-order valence-electron chi connectivity index (χ2n) is 5.14. The third kappa shape index (κ3) is 5.19. The van der Waals surface area contributed by atoms with Gasteiger partial charge in [0, 0.05) is 6.08 Å². The quantitative estimate of drug-likeness (QED) is 0.162. The number of anilines is 1. The van der Waals surface area contributed by atoms with Gasteiger partial charge in [-0.1, -0.05) is 0 Å². The Kier molecular flexibility index (Phi) is 9.21. The maximum Gasteiger partial charge on any atom is 0.248 e. The monoisotopic (exact) mass is 521 g/mol. The number of phenols is 3. The van der Waals surface area contributed by atoms with E-state index in [2.05, 4.69) is 5.32 Å². The van der Waals surface area contributed by atoms with Crippen molar-refractivity contribution < 1.29 is 39.5 Å². The summed E-state index contributed by atoms with van der Waals surface area (Å²) < 4.78 is 66.7. The van der Waals surface area contributed by atoms with Crippen LogP contribution < -0.4 is 5.32 Å². The van der Waals surface area contributed by atoms with Gasteiger partial charge >= 0.3 is 0 Å². The van der Waals surface area contributed by atoms with E-state index in [1.807, 2.05) is 0 Å². The van der Waals surface area contributed by atoms with Crippen molar-refractivity contribution in [3.63, 3.8) is 0 Å². The van der Waals surface area contributed by atoms with Gasteiger partial charge in [-0.25, -0.2) is 0 Å². The van der Waals surface area contributed by atoms with Crippen LogP contribution in [0.15, 0.2) is 42.7 Å². The Morgan fingerprint density at radius 1 is 0.767 bits per heavy atom. The van der Waals surface area contributed by atoms with Gasteiger partial charge in [-0.15, -0.1) is 0 Å². The summed E-state index contributed by atoms with van der Waals surface area (Å²) in [5, 5.41) is 30.2. The lowest BCUT2D eigenvalue weighted by Gasteiger charge is -2.17. The van der Waals surface area contributed by atoms with Crippen molar-refractivity contribution in [1.82, 2.24) is 0 Å². The first-order chi connectivity index (χ1) is 14.3. The largest absolute Gasteiger partial charge is 0.504 e. The van der Waals surface area contributed by atoms with Crippen LogP contribution in [-0.4, -0.2) is 21.2 Å². The second kappa shape index (κ2) is 11.2. The van der Waals surface area contributed by atoms with Gasteiger partial charge in [0.2, 0.25) is 5.91 Å². The smallest absolute Gasteiger partial charge is 0.248 e. The van der Waals surface area contributed by atoms with Gasteiger partial charge in [-0.2, -0.15) is 19.4 Å². The minimum atomic E-state index is -1.00. The molecule has 0 heterocycles. The molecule has 0 atom stereocenters. The highest BCUT2D eigenvalue weighted by Gasteiger charge is 2.28. The molecule has 5 nitrogen and oxygen atoms in total. The molecule has 0 unspecified atom stereocenters. The molecule has 162 valence electrons. The van der Waals surface area contributed by atoms with Gasteiger partial charge in [0.1, 0.15) is 0 Å². The molecule has 0 aliphatic heterocycles. The molecule has 0 spiro atoms. The SMILES string of the molecule is O=C(C=Cc1cc(O)c(O)c(O)c1)Nc1c(SF)c(SF)c(SF)c(SF)c1SF. The number of benzene rings is 2. The first-order valence-electron chi connectivity index (χ1n) is 7.23. The highest BCUT2D eigenvalue weighted by molar-refractivity contribution is 8.00. The van der Waals surface area contributed by atoms with Crippen LogP contribution in [0, 0.1) is 0 Å². The molecule has 0 bridgehead atoms. The fourth-order valence-corrected chi connectivity index (χ4v) is 5.02. The number of carbonyl (C=O) groups excluding carboxylic acids is 1. The van der Waals surface area contributed by atoms with Gasteiger partial charge in [0.25, 0.3) is 0 Å². The van der Waals surface area contributed by atoms with Crippen LogP contribution >= 0.6 is 60.7 Å². The molecule has 0 aliphatic rings. The summed E-state index contributed by atoms with van der Waals surface area (Å²) in [6.45, 7) is 0. The fraction of sp³-hybridized carbons (Fsp3) is 0. The van der Waals surface area contributed by atoms with Crippen molar-refractivity contribution in [2.24, 2.45) is 0 Å². The summed E-state index contributed by atoms with van der Waals surface area (Å²) in [6.07, 6.45) is 1.90. The predicted molar refractivity (Wildman–Crippen MR) is 110 cm³/mol. The van der Waals surface area contributed by atoms with E-state index in [1.54, 1.807) is 0 Å². The van der Waals surface area contributed by atoms with Crippen LogP contribution in [0.5, 0.6) is 17.2 Å². The van der Waals surface area contributed by atoms with Gasteiger partial charge in [0.15, 0.2) is 17.2 Å². The first-order valence-corrected chi connectivity index (χ1v) is 10.8. The number of halogens is 5. The van der Waals surface area contributed by atoms with Crippen molar-refractivity contribution in [2.75, 3.05) is 5.32 Å². The molecule has 0 fully saturated rings. The number of carbonyl (C=O) groups is 1. The van der Waals surface area contributed by atoms with Crippen molar-refractivity contribution in [2.45, 2.75) is 24.5 Å². The standard InChI is InChI=1S/C15H8F5NO4S5/c16-26-11-9(12(27-17)14(29-19)15(30-20)13(11)28-18)21-8(24)2-1-5-3-6(22)10(25)7(23)4-5/h1-4,22-23,25H,(H,21,24). The summed E-state index contributed by atoms with van der Waals surface area (Å²) in [5.41, 5.74) is -0.540. The van der Waals surface area contributed by atoms with Crippen LogP contribution in [0.4, 0.5) is 25.1 Å². The lowest BCUT2D eigenvalue weighted by Crippen LogP contribution is -2.11. The number of phenolic OH excluding ortho intramolecular Hbond substituents is 3. The zero-order valence-corrected chi connectivity index (χ0v) is 18.1. The Hall–Kier alpha value is -1.55. The first kappa shape index (κ1) is 24.7. The normalized spacial score (nSPS) is 11.2. The molecule has 1 amide bonds. The van der Waals surface area contributed by atoms with Gasteiger partial charge < -0.3 is 20.6 Å². The van der Waals surface area contributed by atoms with Crippen LogP contribution in [0.2, 0.25) is 0 Å². The Labute approximate surface area is 188 Å². The minimum absolute atomic E-state index is 0.0716. The zero-order valence-electron chi connectivity index (χ0n) is 14.0. The summed E-state index contributed by atoms with van der Waals surface area (Å²) in [7, 11) is 0. The summed E-state index contributed by atoms with van der Waals surface area (Å²) >= 11 is -3.02. The number of hydrogen-bond acceptors (Lipinski definition) is 9. The third-order valence-electron chi connectivity index (χ3n) is 3.43. The Morgan fingerprint density at radius 2 is 1.17 bits per heavy atom. The van der Waals surface area contributed by atoms with Crippen molar-refractivity contribution in [3.8, 4) is 17.2 Å². The third-order valence-corrected chi connectivity index (χ3v) is 6.76. The van der Waals surface area contributed by atoms with E-state index in [-0.39, 0.29) is 5.56 Å². The summed E-state index contributed by atoms with van der Waals surface area (Å²) in [4.78, 5) is 8.83. The molecule has 0 saturated carbocycles. The van der Waals surface area contributed by atoms with Crippen LogP contribution in [0.1, 0.15) is 5.56 Å². The molecule has 0 radical (unpaired) electrons. The Bertz CT molecular complexity index is 938. The van der Waals surface area contributed by atoms with E-state index >= 15 is 0 Å². The van der Waals surface area contributed by atoms with Gasteiger partial charge in [-0.3, -0.25) is 4.79 Å². The lowest BCUT2D eigenvalue weighted by molar-refractivity contribution is -0.111. The summed E-state index contributed by atoms with van der Waals surface area (Å²) in [6, 6.07) is 2.01. The molecule has 2 aromatic rings. The topological polar surface area (TPSA) is 89.8 Å². The molecule has 4 N–H and O–H groups in total. The van der Waals surface area contributed by atoms with Crippen LogP contribution in [0.25, 0.3) is 6.08 Å². The van der Waals surface area contributed by atoms with Crippen molar-refractivity contribution >= 4 is 78.4 Å². The lowest BCUT2D eigenvalue weighted by atomic mass is 10.1. The number of amides is 1. The highest BCUT2D eigenvalue weighted by Crippen LogP contribution is 2.54. The van der Waals surface area contributed by atoms with E-state index < -0.39 is 114 Å². The molecule has 0 aromatic heterocycles. The van der Waals surface area contributed by atoms with E-state index in [0.29, 0.717) is 0 Å². The van der Waals surface area contributed by atoms with E-state index in [9.17, 15) is 39.5 Å². The van der Waals surface area contributed by atoms with E-state index in [4.69, 9.17) is 0 Å². The number of aromatic hydroxyl groups is 3. The number of rotatable bonds is 8. The number of hydrogen-bond donors (Lipinski definition) is 4. The molecule has 2 aromatic carbocycles. The average Bonchev–Trinajstić information content (AvgIpc) is 2.74. The van der Waals surface area contributed by atoms with Gasteiger partial charge in [0.05, 0.1) is 90.9 Å². The van der Waals surface area contributed by atoms with Crippen LogP contribution in [0.3, 0.4) is 0 Å². The maximum absolute atomic E-state index is 13.5. The second-order valence-corrected chi connectivity index (χ2v) is 7.95. The molecule has 15 heteroatoms. The predicted octanol–water partition coefficient (Wildman–Crippen LogP) is 7.34. The Balaban J connectivity index is 2.47. The molecular formula is C15H8F5NO4S5. The molecule has 0 saturated heterocycles. The van der Waals surface area contributed by atoms with Crippen molar-refractivity contribution in [3.05, 3.63) is 23.8 Å². The maximum atomic E-state index is 13.5. The zero-order chi connectivity index (χ0) is 22.4. The van der Waals surface area contributed by atoms with Gasteiger partial charge in [-0.05, 0) is 23.8 Å². The fourth-order valence-electron chi connectivity index (χ4n) is 2.17. The highest BCUT2D eigenvalue weighted by atomic mass is 32.2. The molecular weight excluding hydrogens is 513 g/mol.